The first-order valence-corrected chi connectivity index (χ1v) is 8.57. The molecule has 5 heteroatoms. The van der Waals surface area contributed by atoms with Gasteiger partial charge in [-0.15, -0.1) is 0 Å². The molecule has 2 aromatic rings. The minimum absolute atomic E-state index is 0.487. The van der Waals surface area contributed by atoms with E-state index in [-0.39, 0.29) is 0 Å². The lowest BCUT2D eigenvalue weighted by Crippen LogP contribution is -2.36. The predicted octanol–water partition coefficient (Wildman–Crippen LogP) is 3.43. The van der Waals surface area contributed by atoms with Gasteiger partial charge in [-0.1, -0.05) is 43.0 Å². The van der Waals surface area contributed by atoms with Crippen molar-refractivity contribution in [2.75, 3.05) is 20.8 Å². The fourth-order valence-electron chi connectivity index (χ4n) is 2.58. The molecule has 0 fully saturated rings. The summed E-state index contributed by atoms with van der Waals surface area (Å²) < 4.78 is 11.0. The summed E-state index contributed by atoms with van der Waals surface area (Å²) in [5.74, 6) is 2.48. The van der Waals surface area contributed by atoms with E-state index in [4.69, 9.17) is 9.47 Å². The number of hydrogen-bond acceptors (Lipinski definition) is 3. The second-order valence-corrected chi connectivity index (χ2v) is 5.79. The zero-order valence-corrected chi connectivity index (χ0v) is 15.7. The molecule has 0 amide bonds. The first-order valence-electron chi connectivity index (χ1n) is 8.57. The van der Waals surface area contributed by atoms with Gasteiger partial charge in [-0.05, 0) is 30.2 Å². The summed E-state index contributed by atoms with van der Waals surface area (Å²) in [6, 6.07) is 14.1. The van der Waals surface area contributed by atoms with Crippen LogP contribution in [0, 0.1) is 6.92 Å². The Bertz CT molecular complexity index is 757. The van der Waals surface area contributed by atoms with Crippen molar-refractivity contribution < 1.29 is 9.47 Å². The molecular formula is C21H27N3O2. The van der Waals surface area contributed by atoms with Crippen molar-refractivity contribution in [2.24, 2.45) is 4.99 Å². The zero-order chi connectivity index (χ0) is 18.8. The molecule has 0 aliphatic rings. The SMILES string of the molecule is C=CCOc1ccccc1CNC(=NC)NCc1ccc(OC)c(C)c1. The van der Waals surface area contributed by atoms with Crippen LogP contribution in [0.5, 0.6) is 11.5 Å². The number of nitrogens with one attached hydrogen (secondary N) is 2. The van der Waals surface area contributed by atoms with Crippen molar-refractivity contribution in [1.82, 2.24) is 10.6 Å². The molecule has 2 rings (SSSR count). The molecule has 0 aromatic heterocycles. The highest BCUT2D eigenvalue weighted by Gasteiger charge is 2.05. The quantitative estimate of drug-likeness (QED) is 0.434. The number of hydrogen-bond donors (Lipinski definition) is 2. The summed E-state index contributed by atoms with van der Waals surface area (Å²) >= 11 is 0. The van der Waals surface area contributed by atoms with Crippen LogP contribution in [0.25, 0.3) is 0 Å². The Hall–Kier alpha value is -2.95. The van der Waals surface area contributed by atoms with Gasteiger partial charge >= 0.3 is 0 Å². The summed E-state index contributed by atoms with van der Waals surface area (Å²) in [5.41, 5.74) is 3.35. The molecule has 0 saturated heterocycles. The van der Waals surface area contributed by atoms with Gasteiger partial charge in [-0.3, -0.25) is 4.99 Å². The van der Waals surface area contributed by atoms with E-state index < -0.39 is 0 Å². The van der Waals surface area contributed by atoms with Crippen LogP contribution in [-0.4, -0.2) is 26.7 Å². The van der Waals surface area contributed by atoms with Crippen LogP contribution >= 0.6 is 0 Å². The van der Waals surface area contributed by atoms with Crippen LogP contribution in [0.3, 0.4) is 0 Å². The Morgan fingerprint density at radius 2 is 1.88 bits per heavy atom. The van der Waals surface area contributed by atoms with Crippen molar-refractivity contribution in [3.63, 3.8) is 0 Å². The summed E-state index contributed by atoms with van der Waals surface area (Å²) in [7, 11) is 3.44. The fraction of sp³-hybridized carbons (Fsp3) is 0.286. The van der Waals surface area contributed by atoms with E-state index in [0.29, 0.717) is 19.7 Å². The molecule has 0 bridgehead atoms. The van der Waals surface area contributed by atoms with Crippen molar-refractivity contribution in [1.29, 1.82) is 0 Å². The number of ether oxygens (including phenoxy) is 2. The van der Waals surface area contributed by atoms with E-state index in [0.717, 1.165) is 28.6 Å². The van der Waals surface area contributed by atoms with E-state index in [1.54, 1.807) is 20.2 Å². The van der Waals surface area contributed by atoms with E-state index >= 15 is 0 Å². The number of para-hydroxylation sites is 1. The average molecular weight is 353 g/mol. The van der Waals surface area contributed by atoms with E-state index in [9.17, 15) is 0 Å². The second kappa shape index (κ2) is 10.1. The standard InChI is InChI=1S/C21H27N3O2/c1-5-12-26-20-9-7-6-8-18(20)15-24-21(22-3)23-14-17-10-11-19(25-4)16(2)13-17/h5-11,13H,1,12,14-15H2,2-4H3,(H2,22,23,24). The van der Waals surface area contributed by atoms with Gasteiger partial charge in [0, 0.05) is 25.7 Å². The molecule has 0 aliphatic carbocycles. The van der Waals surface area contributed by atoms with Gasteiger partial charge in [-0.25, -0.2) is 0 Å². The maximum Gasteiger partial charge on any atom is 0.191 e. The molecule has 26 heavy (non-hydrogen) atoms. The topological polar surface area (TPSA) is 54.9 Å². The molecule has 0 heterocycles. The third kappa shape index (κ3) is 5.55. The van der Waals surface area contributed by atoms with Gasteiger partial charge in [0.1, 0.15) is 18.1 Å². The highest BCUT2D eigenvalue weighted by atomic mass is 16.5. The molecule has 138 valence electrons. The number of nitrogens with zero attached hydrogens (tertiary/aromatic N) is 1. The highest BCUT2D eigenvalue weighted by Crippen LogP contribution is 2.19. The second-order valence-electron chi connectivity index (χ2n) is 5.79. The smallest absolute Gasteiger partial charge is 0.191 e. The molecule has 0 atom stereocenters. The number of rotatable bonds is 8. The molecule has 0 unspecified atom stereocenters. The van der Waals surface area contributed by atoms with Crippen molar-refractivity contribution >= 4 is 5.96 Å². The first kappa shape index (κ1) is 19.4. The molecule has 2 aromatic carbocycles. The van der Waals surface area contributed by atoms with Gasteiger partial charge in [0.25, 0.3) is 0 Å². The maximum absolute atomic E-state index is 5.69. The molecule has 0 spiro atoms. The Kier molecular flexibility index (Phi) is 7.55. The first-order chi connectivity index (χ1) is 12.7. The van der Waals surface area contributed by atoms with Crippen molar-refractivity contribution in [2.45, 2.75) is 20.0 Å². The van der Waals surface area contributed by atoms with Crippen molar-refractivity contribution in [3.8, 4) is 11.5 Å². The number of aliphatic imine (C=N–C) groups is 1. The Labute approximate surface area is 155 Å². The van der Waals surface area contributed by atoms with Gasteiger partial charge in [0.2, 0.25) is 0 Å². The van der Waals surface area contributed by atoms with Gasteiger partial charge in [0.15, 0.2) is 5.96 Å². The van der Waals surface area contributed by atoms with Gasteiger partial charge < -0.3 is 20.1 Å². The van der Waals surface area contributed by atoms with E-state index in [1.165, 1.54) is 5.56 Å². The average Bonchev–Trinajstić information content (AvgIpc) is 2.67. The monoisotopic (exact) mass is 353 g/mol. The lowest BCUT2D eigenvalue weighted by Gasteiger charge is -2.15. The molecule has 5 nitrogen and oxygen atoms in total. The Morgan fingerprint density at radius 1 is 1.12 bits per heavy atom. The summed E-state index contributed by atoms with van der Waals surface area (Å²) in [6.45, 7) is 7.51. The number of aryl methyl sites for hydroxylation is 1. The highest BCUT2D eigenvalue weighted by molar-refractivity contribution is 5.79. The largest absolute Gasteiger partial charge is 0.496 e. The predicted molar refractivity (Wildman–Crippen MR) is 107 cm³/mol. The van der Waals surface area contributed by atoms with Crippen LogP contribution in [0.2, 0.25) is 0 Å². The third-order valence-corrected chi connectivity index (χ3v) is 3.92. The molecule has 0 saturated carbocycles. The molecule has 0 aliphatic heterocycles. The van der Waals surface area contributed by atoms with E-state index in [1.807, 2.05) is 43.3 Å². The van der Waals surface area contributed by atoms with Crippen LogP contribution < -0.4 is 20.1 Å². The van der Waals surface area contributed by atoms with Crippen LogP contribution in [0.15, 0.2) is 60.1 Å². The molecule has 2 N–H and O–H groups in total. The van der Waals surface area contributed by atoms with Gasteiger partial charge in [-0.2, -0.15) is 0 Å². The number of benzene rings is 2. The van der Waals surface area contributed by atoms with Crippen molar-refractivity contribution in [3.05, 3.63) is 71.8 Å². The summed E-state index contributed by atoms with van der Waals surface area (Å²) in [4.78, 5) is 4.28. The minimum Gasteiger partial charge on any atom is -0.496 e. The fourth-order valence-corrected chi connectivity index (χ4v) is 2.58. The minimum atomic E-state index is 0.487. The molecular weight excluding hydrogens is 326 g/mol. The van der Waals surface area contributed by atoms with Gasteiger partial charge in [0.05, 0.1) is 7.11 Å². The Morgan fingerprint density at radius 3 is 2.58 bits per heavy atom. The zero-order valence-electron chi connectivity index (χ0n) is 15.7. The summed E-state index contributed by atoms with van der Waals surface area (Å²) in [5, 5.41) is 6.64. The maximum atomic E-state index is 5.69. The van der Waals surface area contributed by atoms with Crippen LogP contribution in [0.4, 0.5) is 0 Å². The summed E-state index contributed by atoms with van der Waals surface area (Å²) in [6.07, 6.45) is 1.74. The number of guanidine groups is 1. The normalized spacial score (nSPS) is 11.0. The lowest BCUT2D eigenvalue weighted by atomic mass is 10.1. The third-order valence-electron chi connectivity index (χ3n) is 3.92. The van der Waals surface area contributed by atoms with Crippen LogP contribution in [-0.2, 0) is 13.1 Å². The van der Waals surface area contributed by atoms with Crippen LogP contribution in [0.1, 0.15) is 16.7 Å². The lowest BCUT2D eigenvalue weighted by molar-refractivity contribution is 0.358. The molecule has 0 radical (unpaired) electrons. The Balaban J connectivity index is 1.92. The van der Waals surface area contributed by atoms with E-state index in [2.05, 4.69) is 28.3 Å². The number of methoxy groups -OCH3 is 1.